The standard InChI is InChI=1S/C21H25NO3.ClH/c1-14-19(23-2)9-17-18-12-22(10-15-7-5-4-6-8-15)11-16(18)13-25-21(17)20(14)24-3;/h4-9,16,18H,10-13H2,1-3H3;1H/t16-,18-;/m0./s1. The van der Waals surface area contributed by atoms with Crippen LogP contribution in [0.25, 0.3) is 0 Å². The summed E-state index contributed by atoms with van der Waals surface area (Å²) >= 11 is 0. The Morgan fingerprint density at radius 1 is 1.12 bits per heavy atom. The highest BCUT2D eigenvalue weighted by Gasteiger charge is 2.40. The number of ether oxygens (including phenoxy) is 3. The Bertz CT molecular complexity index is 766. The van der Waals surface area contributed by atoms with E-state index in [1.54, 1.807) is 14.2 Å². The second kappa shape index (κ2) is 7.77. The van der Waals surface area contributed by atoms with E-state index in [0.717, 1.165) is 49.1 Å². The van der Waals surface area contributed by atoms with Crippen LogP contribution in [0.3, 0.4) is 0 Å². The van der Waals surface area contributed by atoms with Crippen LogP contribution in [0.4, 0.5) is 0 Å². The third-order valence-electron chi connectivity index (χ3n) is 5.50. The van der Waals surface area contributed by atoms with Gasteiger partial charge in [0.25, 0.3) is 0 Å². The van der Waals surface area contributed by atoms with Crippen molar-refractivity contribution in [1.29, 1.82) is 0 Å². The zero-order valence-electron chi connectivity index (χ0n) is 15.5. The average molecular weight is 376 g/mol. The lowest BCUT2D eigenvalue weighted by Gasteiger charge is -2.30. The second-order valence-corrected chi connectivity index (χ2v) is 7.01. The maximum absolute atomic E-state index is 6.13. The number of rotatable bonds is 4. The molecule has 2 heterocycles. The van der Waals surface area contributed by atoms with E-state index >= 15 is 0 Å². The lowest BCUT2D eigenvalue weighted by atomic mass is 9.86. The van der Waals surface area contributed by atoms with Gasteiger partial charge in [-0.3, -0.25) is 4.90 Å². The van der Waals surface area contributed by atoms with Crippen LogP contribution in [0, 0.1) is 12.8 Å². The molecule has 0 unspecified atom stereocenters. The lowest BCUT2D eigenvalue weighted by Crippen LogP contribution is -2.25. The van der Waals surface area contributed by atoms with E-state index in [-0.39, 0.29) is 12.4 Å². The fourth-order valence-corrected chi connectivity index (χ4v) is 4.25. The molecule has 0 bridgehead atoms. The van der Waals surface area contributed by atoms with Crippen LogP contribution in [0.15, 0.2) is 36.4 Å². The van der Waals surface area contributed by atoms with Crippen molar-refractivity contribution in [2.24, 2.45) is 5.92 Å². The summed E-state index contributed by atoms with van der Waals surface area (Å²) in [5.41, 5.74) is 3.59. The van der Waals surface area contributed by atoms with E-state index in [0.29, 0.717) is 11.8 Å². The van der Waals surface area contributed by atoms with E-state index in [1.807, 2.05) is 6.92 Å². The van der Waals surface area contributed by atoms with Crippen molar-refractivity contribution in [3.8, 4) is 17.2 Å². The second-order valence-electron chi connectivity index (χ2n) is 7.01. The Morgan fingerprint density at radius 3 is 2.58 bits per heavy atom. The van der Waals surface area contributed by atoms with Gasteiger partial charge in [-0.2, -0.15) is 0 Å². The van der Waals surface area contributed by atoms with Crippen LogP contribution in [-0.2, 0) is 6.54 Å². The summed E-state index contributed by atoms with van der Waals surface area (Å²) in [6.07, 6.45) is 0. The van der Waals surface area contributed by atoms with Crippen molar-refractivity contribution in [3.05, 3.63) is 53.1 Å². The molecule has 140 valence electrons. The number of hydrogen-bond donors (Lipinski definition) is 0. The molecular weight excluding hydrogens is 350 g/mol. The fourth-order valence-electron chi connectivity index (χ4n) is 4.25. The minimum Gasteiger partial charge on any atom is -0.496 e. The number of hydrogen-bond acceptors (Lipinski definition) is 4. The first-order chi connectivity index (χ1) is 12.2. The van der Waals surface area contributed by atoms with E-state index in [9.17, 15) is 0 Å². The third kappa shape index (κ3) is 3.24. The van der Waals surface area contributed by atoms with E-state index in [1.165, 1.54) is 11.1 Å². The Hall–Kier alpha value is -1.91. The quantitative estimate of drug-likeness (QED) is 0.806. The van der Waals surface area contributed by atoms with Crippen LogP contribution >= 0.6 is 12.4 Å². The largest absolute Gasteiger partial charge is 0.496 e. The molecular formula is C21H26ClNO3. The molecule has 0 amide bonds. The molecule has 2 atom stereocenters. The van der Waals surface area contributed by atoms with Crippen LogP contribution in [0.1, 0.15) is 22.6 Å². The van der Waals surface area contributed by atoms with Gasteiger partial charge in [0, 0.05) is 42.6 Å². The molecule has 2 aliphatic heterocycles. The number of fused-ring (bicyclic) bond motifs is 3. The summed E-state index contributed by atoms with van der Waals surface area (Å²) in [6.45, 7) is 5.88. The van der Waals surface area contributed by atoms with Crippen molar-refractivity contribution in [3.63, 3.8) is 0 Å². The third-order valence-corrected chi connectivity index (χ3v) is 5.50. The van der Waals surface area contributed by atoms with Gasteiger partial charge in [-0.25, -0.2) is 0 Å². The molecule has 1 saturated heterocycles. The topological polar surface area (TPSA) is 30.9 Å². The van der Waals surface area contributed by atoms with Crippen LogP contribution < -0.4 is 14.2 Å². The van der Waals surface area contributed by atoms with Gasteiger partial charge in [-0.1, -0.05) is 30.3 Å². The summed E-state index contributed by atoms with van der Waals surface area (Å²) in [7, 11) is 3.42. The summed E-state index contributed by atoms with van der Waals surface area (Å²) in [5.74, 6) is 3.59. The summed E-state index contributed by atoms with van der Waals surface area (Å²) in [6, 6.07) is 12.8. The number of halogens is 1. The number of methoxy groups -OCH3 is 2. The fraction of sp³-hybridized carbons (Fsp3) is 0.429. The summed E-state index contributed by atoms with van der Waals surface area (Å²) in [4.78, 5) is 2.53. The van der Waals surface area contributed by atoms with Crippen LogP contribution in [-0.4, -0.2) is 38.8 Å². The maximum Gasteiger partial charge on any atom is 0.167 e. The number of benzene rings is 2. The Kier molecular flexibility index (Phi) is 5.64. The molecule has 2 aromatic rings. The molecule has 4 rings (SSSR count). The first kappa shape index (κ1) is 18.9. The van der Waals surface area contributed by atoms with Gasteiger partial charge in [0.1, 0.15) is 5.75 Å². The number of nitrogens with zero attached hydrogens (tertiary/aromatic N) is 1. The van der Waals surface area contributed by atoms with Crippen molar-refractivity contribution < 1.29 is 14.2 Å². The van der Waals surface area contributed by atoms with Gasteiger partial charge in [0.05, 0.1) is 20.8 Å². The van der Waals surface area contributed by atoms with Gasteiger partial charge in [-0.05, 0) is 18.6 Å². The highest BCUT2D eigenvalue weighted by atomic mass is 35.5. The van der Waals surface area contributed by atoms with Crippen LogP contribution in [0.2, 0.25) is 0 Å². The highest BCUT2D eigenvalue weighted by molar-refractivity contribution is 5.85. The van der Waals surface area contributed by atoms with Crippen LogP contribution in [0.5, 0.6) is 17.2 Å². The van der Waals surface area contributed by atoms with Gasteiger partial charge in [-0.15, -0.1) is 12.4 Å². The molecule has 0 aromatic heterocycles. The minimum atomic E-state index is 0. The predicted octanol–water partition coefficient (Wildman–Crippen LogP) is 4.04. The molecule has 0 radical (unpaired) electrons. The van der Waals surface area contributed by atoms with Gasteiger partial charge < -0.3 is 14.2 Å². The Morgan fingerprint density at radius 2 is 1.88 bits per heavy atom. The zero-order valence-corrected chi connectivity index (χ0v) is 16.3. The zero-order chi connectivity index (χ0) is 17.4. The summed E-state index contributed by atoms with van der Waals surface area (Å²) < 4.78 is 17.3. The first-order valence-corrected chi connectivity index (χ1v) is 8.85. The molecule has 4 nitrogen and oxygen atoms in total. The highest BCUT2D eigenvalue weighted by Crippen LogP contribution is 2.49. The predicted molar refractivity (Wildman–Crippen MR) is 105 cm³/mol. The van der Waals surface area contributed by atoms with Gasteiger partial charge in [0.15, 0.2) is 11.5 Å². The number of likely N-dealkylation sites (tertiary alicyclic amines) is 1. The molecule has 2 aromatic carbocycles. The molecule has 2 aliphatic rings. The SMILES string of the molecule is COc1cc2c(c(OC)c1C)OC[C@@H]1CN(Cc3ccccc3)C[C@H]21.Cl. The Labute approximate surface area is 161 Å². The maximum atomic E-state index is 6.13. The molecule has 0 spiro atoms. The first-order valence-electron chi connectivity index (χ1n) is 8.85. The summed E-state index contributed by atoms with van der Waals surface area (Å²) in [5, 5.41) is 0. The molecule has 0 aliphatic carbocycles. The van der Waals surface area contributed by atoms with Gasteiger partial charge >= 0.3 is 0 Å². The Balaban J connectivity index is 0.00000196. The molecule has 1 fully saturated rings. The lowest BCUT2D eigenvalue weighted by molar-refractivity contribution is 0.202. The van der Waals surface area contributed by atoms with E-state index < -0.39 is 0 Å². The molecule has 0 saturated carbocycles. The molecule has 0 N–H and O–H groups in total. The average Bonchev–Trinajstić information content (AvgIpc) is 3.04. The monoisotopic (exact) mass is 375 g/mol. The molecule has 26 heavy (non-hydrogen) atoms. The van der Waals surface area contributed by atoms with E-state index in [4.69, 9.17) is 14.2 Å². The molecule has 5 heteroatoms. The van der Waals surface area contributed by atoms with E-state index in [2.05, 4.69) is 41.3 Å². The van der Waals surface area contributed by atoms with Crippen molar-refractivity contribution in [2.75, 3.05) is 33.9 Å². The minimum absolute atomic E-state index is 0. The van der Waals surface area contributed by atoms with Crippen molar-refractivity contribution in [1.82, 2.24) is 4.90 Å². The smallest absolute Gasteiger partial charge is 0.167 e. The van der Waals surface area contributed by atoms with Crippen molar-refractivity contribution in [2.45, 2.75) is 19.4 Å². The normalized spacial score (nSPS) is 21.2. The van der Waals surface area contributed by atoms with Crippen molar-refractivity contribution >= 4 is 12.4 Å². The van der Waals surface area contributed by atoms with Gasteiger partial charge in [0.2, 0.25) is 0 Å².